The standard InChI is InChI=1S/C7H9NO2/c1-3-6(9)7-4-5(2)8-10-7/h4H,3H2,1-2H3. The highest BCUT2D eigenvalue weighted by Gasteiger charge is 2.07. The predicted octanol–water partition coefficient (Wildman–Crippen LogP) is 1.58. The van der Waals surface area contributed by atoms with Gasteiger partial charge in [-0.2, -0.15) is 0 Å². The Bertz CT molecular complexity index is 240. The van der Waals surface area contributed by atoms with Crippen LogP contribution in [-0.4, -0.2) is 10.9 Å². The van der Waals surface area contributed by atoms with Crippen LogP contribution in [0.25, 0.3) is 0 Å². The predicted molar refractivity (Wildman–Crippen MR) is 35.9 cm³/mol. The van der Waals surface area contributed by atoms with Crippen LogP contribution in [-0.2, 0) is 0 Å². The molecule has 0 saturated heterocycles. The maximum atomic E-state index is 10.9. The van der Waals surface area contributed by atoms with Crippen LogP contribution < -0.4 is 0 Å². The fraction of sp³-hybridized carbons (Fsp3) is 0.429. The molecule has 0 radical (unpaired) electrons. The highest BCUT2D eigenvalue weighted by atomic mass is 16.5. The summed E-state index contributed by atoms with van der Waals surface area (Å²) in [4.78, 5) is 10.9. The number of ketones is 1. The van der Waals surface area contributed by atoms with E-state index in [-0.39, 0.29) is 5.78 Å². The van der Waals surface area contributed by atoms with E-state index in [0.717, 1.165) is 5.69 Å². The zero-order chi connectivity index (χ0) is 7.56. The molecule has 0 aliphatic heterocycles. The summed E-state index contributed by atoms with van der Waals surface area (Å²) in [6, 6.07) is 1.64. The van der Waals surface area contributed by atoms with E-state index in [9.17, 15) is 4.79 Å². The fourth-order valence-corrected chi connectivity index (χ4v) is 0.669. The minimum absolute atomic E-state index is 0.000556. The van der Waals surface area contributed by atoms with E-state index in [1.165, 1.54) is 0 Å². The van der Waals surface area contributed by atoms with E-state index in [0.29, 0.717) is 12.2 Å². The van der Waals surface area contributed by atoms with Crippen LogP contribution in [0, 0.1) is 6.92 Å². The number of Topliss-reactive ketones (excluding diaryl/α,β-unsaturated/α-hetero) is 1. The molecule has 0 spiro atoms. The molecule has 0 aromatic carbocycles. The van der Waals surface area contributed by atoms with E-state index in [4.69, 9.17) is 4.52 Å². The summed E-state index contributed by atoms with van der Waals surface area (Å²) in [5, 5.41) is 3.59. The van der Waals surface area contributed by atoms with Crippen molar-refractivity contribution in [1.29, 1.82) is 0 Å². The van der Waals surface area contributed by atoms with Crippen molar-refractivity contribution in [2.24, 2.45) is 0 Å². The Labute approximate surface area is 59.0 Å². The monoisotopic (exact) mass is 139 g/mol. The number of hydrogen-bond donors (Lipinski definition) is 0. The van der Waals surface area contributed by atoms with Crippen molar-refractivity contribution in [2.45, 2.75) is 20.3 Å². The number of hydrogen-bond acceptors (Lipinski definition) is 3. The molecule has 0 N–H and O–H groups in total. The molecule has 0 aliphatic rings. The Morgan fingerprint density at radius 1 is 1.80 bits per heavy atom. The first-order chi connectivity index (χ1) is 4.74. The third-order valence-corrected chi connectivity index (χ3v) is 1.22. The summed E-state index contributed by atoms with van der Waals surface area (Å²) >= 11 is 0. The van der Waals surface area contributed by atoms with Crippen LogP contribution >= 0.6 is 0 Å². The quantitative estimate of drug-likeness (QED) is 0.584. The zero-order valence-electron chi connectivity index (χ0n) is 6.05. The first kappa shape index (κ1) is 6.99. The lowest BCUT2D eigenvalue weighted by molar-refractivity contribution is 0.0952. The van der Waals surface area contributed by atoms with E-state index in [1.807, 2.05) is 0 Å². The third kappa shape index (κ3) is 1.23. The van der Waals surface area contributed by atoms with Crippen molar-refractivity contribution in [2.75, 3.05) is 0 Å². The van der Waals surface area contributed by atoms with Crippen molar-refractivity contribution >= 4 is 5.78 Å². The molecule has 1 heterocycles. The maximum Gasteiger partial charge on any atom is 0.202 e. The second-order valence-electron chi connectivity index (χ2n) is 2.11. The molecule has 1 aromatic rings. The van der Waals surface area contributed by atoms with Gasteiger partial charge in [-0.3, -0.25) is 4.79 Å². The van der Waals surface area contributed by atoms with Gasteiger partial charge in [-0.15, -0.1) is 0 Å². The number of rotatable bonds is 2. The third-order valence-electron chi connectivity index (χ3n) is 1.22. The summed E-state index contributed by atoms with van der Waals surface area (Å²) in [5.41, 5.74) is 0.747. The molecule has 3 heteroatoms. The molecular formula is C7H9NO2. The van der Waals surface area contributed by atoms with Crippen LogP contribution in [0.15, 0.2) is 10.6 Å². The topological polar surface area (TPSA) is 43.1 Å². The van der Waals surface area contributed by atoms with Crippen molar-refractivity contribution in [3.63, 3.8) is 0 Å². The van der Waals surface area contributed by atoms with Gasteiger partial charge < -0.3 is 4.52 Å². The molecule has 1 aromatic heterocycles. The zero-order valence-corrected chi connectivity index (χ0v) is 6.05. The lowest BCUT2D eigenvalue weighted by Crippen LogP contribution is -1.92. The molecular weight excluding hydrogens is 130 g/mol. The average Bonchev–Trinajstić information content (AvgIpc) is 2.34. The summed E-state index contributed by atoms with van der Waals surface area (Å²) in [5.74, 6) is 0.362. The summed E-state index contributed by atoms with van der Waals surface area (Å²) < 4.78 is 4.72. The number of nitrogens with zero attached hydrogens (tertiary/aromatic N) is 1. The van der Waals surface area contributed by atoms with Crippen molar-refractivity contribution in [3.05, 3.63) is 17.5 Å². The number of carbonyl (C=O) groups excluding carboxylic acids is 1. The van der Waals surface area contributed by atoms with Gasteiger partial charge in [0.05, 0.1) is 5.69 Å². The van der Waals surface area contributed by atoms with E-state index >= 15 is 0 Å². The number of aryl methyl sites for hydroxylation is 1. The average molecular weight is 139 g/mol. The van der Waals surface area contributed by atoms with Crippen LogP contribution in [0.4, 0.5) is 0 Å². The molecule has 10 heavy (non-hydrogen) atoms. The highest BCUT2D eigenvalue weighted by molar-refractivity contribution is 5.93. The number of carbonyl (C=O) groups is 1. The normalized spacial score (nSPS) is 9.80. The van der Waals surface area contributed by atoms with E-state index in [1.54, 1.807) is 19.9 Å². The van der Waals surface area contributed by atoms with Crippen molar-refractivity contribution in [1.82, 2.24) is 5.16 Å². The smallest absolute Gasteiger partial charge is 0.202 e. The lowest BCUT2D eigenvalue weighted by Gasteiger charge is -1.84. The highest BCUT2D eigenvalue weighted by Crippen LogP contribution is 2.04. The molecule has 54 valence electrons. The Kier molecular flexibility index (Phi) is 1.85. The summed E-state index contributed by atoms with van der Waals surface area (Å²) in [6.07, 6.45) is 0.467. The Morgan fingerprint density at radius 2 is 2.50 bits per heavy atom. The van der Waals surface area contributed by atoms with Gasteiger partial charge in [0.2, 0.25) is 11.5 Å². The molecule has 0 atom stereocenters. The molecule has 0 aliphatic carbocycles. The SMILES string of the molecule is CCC(=O)c1cc(C)no1. The van der Waals surface area contributed by atoms with Crippen molar-refractivity contribution < 1.29 is 9.32 Å². The van der Waals surface area contributed by atoms with Crippen LogP contribution in [0.5, 0.6) is 0 Å². The van der Waals surface area contributed by atoms with Crippen LogP contribution in [0.1, 0.15) is 29.6 Å². The first-order valence-corrected chi connectivity index (χ1v) is 3.20. The minimum atomic E-state index is 0.000556. The largest absolute Gasteiger partial charge is 0.353 e. The van der Waals surface area contributed by atoms with Gasteiger partial charge >= 0.3 is 0 Å². The van der Waals surface area contributed by atoms with Crippen molar-refractivity contribution in [3.8, 4) is 0 Å². The Hall–Kier alpha value is -1.12. The van der Waals surface area contributed by atoms with Gasteiger partial charge in [0.15, 0.2) is 0 Å². The summed E-state index contributed by atoms with van der Waals surface area (Å²) in [7, 11) is 0. The van der Waals surface area contributed by atoms with Gasteiger partial charge in [0.1, 0.15) is 0 Å². The first-order valence-electron chi connectivity index (χ1n) is 3.20. The van der Waals surface area contributed by atoms with Gasteiger partial charge in [-0.25, -0.2) is 0 Å². The number of aromatic nitrogens is 1. The fourth-order valence-electron chi connectivity index (χ4n) is 0.669. The van der Waals surface area contributed by atoms with Gasteiger partial charge in [0, 0.05) is 12.5 Å². The molecule has 0 fully saturated rings. The summed E-state index contributed by atoms with van der Waals surface area (Å²) in [6.45, 7) is 3.58. The van der Waals surface area contributed by atoms with E-state index < -0.39 is 0 Å². The molecule has 0 bridgehead atoms. The molecule has 0 unspecified atom stereocenters. The van der Waals surface area contributed by atoms with Gasteiger partial charge in [-0.05, 0) is 6.92 Å². The molecule has 3 nitrogen and oxygen atoms in total. The second-order valence-corrected chi connectivity index (χ2v) is 2.11. The van der Waals surface area contributed by atoms with Crippen LogP contribution in [0.2, 0.25) is 0 Å². The molecule has 1 rings (SSSR count). The second kappa shape index (κ2) is 2.64. The van der Waals surface area contributed by atoms with Crippen LogP contribution in [0.3, 0.4) is 0 Å². The Balaban J connectivity index is 2.85. The maximum absolute atomic E-state index is 10.9. The van der Waals surface area contributed by atoms with E-state index in [2.05, 4.69) is 5.16 Å². The van der Waals surface area contributed by atoms with Gasteiger partial charge in [0.25, 0.3) is 0 Å². The molecule has 0 amide bonds. The Morgan fingerprint density at radius 3 is 2.90 bits per heavy atom. The van der Waals surface area contributed by atoms with Gasteiger partial charge in [-0.1, -0.05) is 12.1 Å². The molecule has 0 saturated carbocycles. The lowest BCUT2D eigenvalue weighted by atomic mass is 10.2. The minimum Gasteiger partial charge on any atom is -0.353 e.